The minimum absolute atomic E-state index is 0.0824. The minimum Gasteiger partial charge on any atom is -0.368 e. The van der Waals surface area contributed by atoms with Gasteiger partial charge in [-0.25, -0.2) is 9.78 Å². The molecule has 25 heavy (non-hydrogen) atoms. The number of aryl methyl sites for hydroxylation is 1. The van der Waals surface area contributed by atoms with E-state index in [4.69, 9.17) is 0 Å². The lowest BCUT2D eigenvalue weighted by Crippen LogP contribution is -2.51. The molecule has 1 fully saturated rings. The molecule has 1 aromatic carbocycles. The van der Waals surface area contributed by atoms with Crippen LogP contribution in [-0.2, 0) is 6.54 Å². The van der Waals surface area contributed by atoms with Gasteiger partial charge in [0.15, 0.2) is 0 Å². The molecule has 0 radical (unpaired) electrons. The maximum absolute atomic E-state index is 12.2. The summed E-state index contributed by atoms with van der Waals surface area (Å²) < 4.78 is 0. The lowest BCUT2D eigenvalue weighted by atomic mass is 10.2. The largest absolute Gasteiger partial charge is 0.368 e. The van der Waals surface area contributed by atoms with Crippen LogP contribution in [0.1, 0.15) is 10.7 Å². The molecule has 0 atom stereocenters. The first-order chi connectivity index (χ1) is 12.0. The topological polar surface area (TPSA) is 91.6 Å². The van der Waals surface area contributed by atoms with Gasteiger partial charge in [-0.3, -0.25) is 10.1 Å². The van der Waals surface area contributed by atoms with Crippen molar-refractivity contribution in [2.75, 3.05) is 31.1 Å². The number of nitrogens with one attached hydrogen (secondary N) is 1. The highest BCUT2D eigenvalue weighted by molar-refractivity contribution is 7.09. The van der Waals surface area contributed by atoms with E-state index in [9.17, 15) is 14.9 Å². The molecule has 8 nitrogen and oxygen atoms in total. The molecule has 3 rings (SSSR count). The molecule has 2 amide bonds. The highest BCUT2D eigenvalue weighted by atomic mass is 32.1. The Kier molecular flexibility index (Phi) is 5.13. The number of aromatic nitrogens is 1. The number of piperazine rings is 1. The Morgan fingerprint density at radius 2 is 1.96 bits per heavy atom. The number of nitrogens with zero attached hydrogens (tertiary/aromatic N) is 4. The highest BCUT2D eigenvalue weighted by Crippen LogP contribution is 2.20. The lowest BCUT2D eigenvalue weighted by Gasteiger charge is -2.36. The molecule has 0 aliphatic carbocycles. The summed E-state index contributed by atoms with van der Waals surface area (Å²) in [5, 5.41) is 16.5. The number of carbonyl (C=O) groups excluding carboxylic acids is 1. The molecule has 1 aliphatic rings. The van der Waals surface area contributed by atoms with Gasteiger partial charge in [0.2, 0.25) is 0 Å². The summed E-state index contributed by atoms with van der Waals surface area (Å²) in [5.74, 6) is 0. The average Bonchev–Trinajstić information content (AvgIpc) is 3.05. The number of nitro benzene ring substituents is 1. The fourth-order valence-corrected chi connectivity index (χ4v) is 3.33. The third-order valence-corrected chi connectivity index (χ3v) is 4.90. The SMILES string of the molecule is Cc1nc(CNC(=O)N2CCN(c3ccc([N+](=O)[O-])cc3)CC2)cs1. The van der Waals surface area contributed by atoms with Crippen LogP contribution in [0.25, 0.3) is 0 Å². The van der Waals surface area contributed by atoms with Gasteiger partial charge < -0.3 is 15.1 Å². The highest BCUT2D eigenvalue weighted by Gasteiger charge is 2.21. The third-order valence-electron chi connectivity index (χ3n) is 4.08. The Labute approximate surface area is 149 Å². The van der Waals surface area contributed by atoms with E-state index in [1.807, 2.05) is 12.3 Å². The molecule has 2 heterocycles. The van der Waals surface area contributed by atoms with E-state index < -0.39 is 4.92 Å². The number of urea groups is 1. The minimum atomic E-state index is -0.407. The zero-order chi connectivity index (χ0) is 17.8. The molecule has 2 aromatic rings. The van der Waals surface area contributed by atoms with Crippen molar-refractivity contribution in [2.24, 2.45) is 0 Å². The molecule has 1 saturated heterocycles. The Hall–Kier alpha value is -2.68. The van der Waals surface area contributed by atoms with E-state index >= 15 is 0 Å². The fourth-order valence-electron chi connectivity index (χ4n) is 2.72. The van der Waals surface area contributed by atoms with E-state index in [0.717, 1.165) is 16.4 Å². The molecule has 0 spiro atoms. The molecule has 9 heteroatoms. The molecule has 1 N–H and O–H groups in total. The summed E-state index contributed by atoms with van der Waals surface area (Å²) >= 11 is 1.57. The maximum atomic E-state index is 12.2. The van der Waals surface area contributed by atoms with Gasteiger partial charge in [0.25, 0.3) is 5.69 Å². The number of hydrogen-bond donors (Lipinski definition) is 1. The number of nitro groups is 1. The second-order valence-corrected chi connectivity index (χ2v) is 6.83. The smallest absolute Gasteiger partial charge is 0.317 e. The lowest BCUT2D eigenvalue weighted by molar-refractivity contribution is -0.384. The van der Waals surface area contributed by atoms with Crippen molar-refractivity contribution in [3.05, 3.63) is 50.5 Å². The van der Waals surface area contributed by atoms with Gasteiger partial charge in [-0.05, 0) is 19.1 Å². The molecular weight excluding hydrogens is 342 g/mol. The number of carbonyl (C=O) groups is 1. The number of thiazole rings is 1. The summed E-state index contributed by atoms with van der Waals surface area (Å²) in [7, 11) is 0. The number of anilines is 1. The first-order valence-electron chi connectivity index (χ1n) is 7.96. The van der Waals surface area contributed by atoms with Crippen molar-refractivity contribution >= 4 is 28.7 Å². The predicted octanol–water partition coefficient (Wildman–Crippen LogP) is 2.39. The predicted molar refractivity (Wildman–Crippen MR) is 96.0 cm³/mol. The summed E-state index contributed by atoms with van der Waals surface area (Å²) in [4.78, 5) is 30.8. The van der Waals surface area contributed by atoms with Crippen molar-refractivity contribution in [2.45, 2.75) is 13.5 Å². The first-order valence-corrected chi connectivity index (χ1v) is 8.84. The van der Waals surface area contributed by atoms with Crippen molar-refractivity contribution in [3.63, 3.8) is 0 Å². The molecule has 0 bridgehead atoms. The van der Waals surface area contributed by atoms with Crippen molar-refractivity contribution in [3.8, 4) is 0 Å². The van der Waals surface area contributed by atoms with E-state index in [1.165, 1.54) is 12.1 Å². The molecular formula is C16H19N5O3S. The first kappa shape index (κ1) is 17.2. The van der Waals surface area contributed by atoms with Crippen LogP contribution in [0.15, 0.2) is 29.6 Å². The van der Waals surface area contributed by atoms with Crippen LogP contribution in [0.2, 0.25) is 0 Å². The van der Waals surface area contributed by atoms with Crippen LogP contribution in [0, 0.1) is 17.0 Å². The van der Waals surface area contributed by atoms with Crippen LogP contribution in [0.3, 0.4) is 0 Å². The molecule has 1 aromatic heterocycles. The van der Waals surface area contributed by atoms with Gasteiger partial charge in [-0.1, -0.05) is 0 Å². The van der Waals surface area contributed by atoms with E-state index in [0.29, 0.717) is 32.7 Å². The van der Waals surface area contributed by atoms with Gasteiger partial charge in [-0.2, -0.15) is 0 Å². The van der Waals surface area contributed by atoms with Crippen molar-refractivity contribution < 1.29 is 9.72 Å². The van der Waals surface area contributed by atoms with Crippen LogP contribution < -0.4 is 10.2 Å². The van der Waals surface area contributed by atoms with E-state index in [1.54, 1.807) is 28.4 Å². The molecule has 0 saturated carbocycles. The van der Waals surface area contributed by atoms with Crippen LogP contribution >= 0.6 is 11.3 Å². The average molecular weight is 361 g/mol. The Bertz CT molecular complexity index is 753. The van der Waals surface area contributed by atoms with Gasteiger partial charge in [-0.15, -0.1) is 11.3 Å². The molecule has 1 aliphatic heterocycles. The Morgan fingerprint density at radius 1 is 1.28 bits per heavy atom. The number of amides is 2. The zero-order valence-electron chi connectivity index (χ0n) is 13.8. The van der Waals surface area contributed by atoms with Crippen LogP contribution in [0.4, 0.5) is 16.2 Å². The Morgan fingerprint density at radius 3 is 2.52 bits per heavy atom. The second kappa shape index (κ2) is 7.47. The quantitative estimate of drug-likeness (QED) is 0.667. The monoisotopic (exact) mass is 361 g/mol. The van der Waals surface area contributed by atoms with Crippen molar-refractivity contribution in [1.29, 1.82) is 0 Å². The van der Waals surface area contributed by atoms with Gasteiger partial charge in [0, 0.05) is 49.4 Å². The number of benzene rings is 1. The van der Waals surface area contributed by atoms with Crippen LogP contribution in [-0.4, -0.2) is 47.0 Å². The number of rotatable bonds is 4. The van der Waals surface area contributed by atoms with Crippen molar-refractivity contribution in [1.82, 2.24) is 15.2 Å². The van der Waals surface area contributed by atoms with Gasteiger partial charge in [0.1, 0.15) is 0 Å². The van der Waals surface area contributed by atoms with Gasteiger partial charge >= 0.3 is 6.03 Å². The standard InChI is InChI=1S/C16H19N5O3S/c1-12-18-13(11-25-12)10-17-16(22)20-8-6-19(7-9-20)14-2-4-15(5-3-14)21(23)24/h2-5,11H,6-10H2,1H3,(H,17,22). The summed E-state index contributed by atoms with van der Waals surface area (Å²) in [6.45, 7) is 4.99. The fraction of sp³-hybridized carbons (Fsp3) is 0.375. The maximum Gasteiger partial charge on any atom is 0.317 e. The zero-order valence-corrected chi connectivity index (χ0v) is 14.7. The Balaban J connectivity index is 1.49. The summed E-state index contributed by atoms with van der Waals surface area (Å²) in [5.41, 5.74) is 1.89. The number of hydrogen-bond acceptors (Lipinski definition) is 6. The van der Waals surface area contributed by atoms with E-state index in [-0.39, 0.29) is 11.7 Å². The van der Waals surface area contributed by atoms with E-state index in [2.05, 4.69) is 15.2 Å². The molecule has 0 unspecified atom stereocenters. The third kappa shape index (κ3) is 4.24. The normalized spacial score (nSPS) is 14.4. The van der Waals surface area contributed by atoms with Gasteiger partial charge in [0.05, 0.1) is 22.2 Å². The molecule has 132 valence electrons. The van der Waals surface area contributed by atoms with Crippen LogP contribution in [0.5, 0.6) is 0 Å². The second-order valence-electron chi connectivity index (χ2n) is 5.76. The summed E-state index contributed by atoms with van der Waals surface area (Å²) in [6, 6.07) is 6.42. The summed E-state index contributed by atoms with van der Waals surface area (Å²) in [6.07, 6.45) is 0. The number of non-ortho nitro benzene ring substituents is 1.